The largest absolute Gasteiger partial charge is 0.378 e. The molecule has 25 heavy (non-hydrogen) atoms. The first kappa shape index (κ1) is 18.2. The van der Waals surface area contributed by atoms with Gasteiger partial charge < -0.3 is 10.2 Å². The minimum Gasteiger partial charge on any atom is -0.378 e. The van der Waals surface area contributed by atoms with E-state index in [0.29, 0.717) is 5.56 Å². The Bertz CT molecular complexity index is 801. The maximum absolute atomic E-state index is 13.2. The summed E-state index contributed by atoms with van der Waals surface area (Å²) in [4.78, 5) is 26.1. The number of amides is 2. The number of hydrogen-bond acceptors (Lipinski definition) is 4. The number of carbonyl (C=O) groups excluding carboxylic acids is 2. The lowest BCUT2D eigenvalue weighted by molar-refractivity contribution is -0.117. The van der Waals surface area contributed by atoms with Crippen LogP contribution in [0.4, 0.5) is 10.1 Å². The average Bonchev–Trinajstić information content (AvgIpc) is 2.60. The second-order valence-electron chi connectivity index (χ2n) is 5.48. The molecule has 6 nitrogen and oxygen atoms in total. The molecule has 0 aromatic heterocycles. The zero-order valence-electron chi connectivity index (χ0n) is 13.9. The summed E-state index contributed by atoms with van der Waals surface area (Å²) in [5.41, 5.74) is 3.72. The van der Waals surface area contributed by atoms with E-state index < -0.39 is 17.6 Å². The van der Waals surface area contributed by atoms with Crippen molar-refractivity contribution < 1.29 is 14.0 Å². The maximum atomic E-state index is 13.2. The van der Waals surface area contributed by atoms with E-state index in [0.717, 1.165) is 11.8 Å². The predicted octanol–water partition coefficient (Wildman–Crippen LogP) is 1.65. The van der Waals surface area contributed by atoms with Crippen molar-refractivity contribution in [2.45, 2.75) is 0 Å². The summed E-state index contributed by atoms with van der Waals surface area (Å²) >= 11 is 0. The summed E-state index contributed by atoms with van der Waals surface area (Å²) < 4.78 is 13.2. The molecule has 0 fully saturated rings. The Morgan fingerprint density at radius 2 is 1.80 bits per heavy atom. The van der Waals surface area contributed by atoms with Crippen LogP contribution in [-0.2, 0) is 4.79 Å². The minimum atomic E-state index is -0.665. The quantitative estimate of drug-likeness (QED) is 0.334. The number of anilines is 1. The third kappa shape index (κ3) is 4.89. The second kappa shape index (κ2) is 8.07. The van der Waals surface area contributed by atoms with E-state index in [1.807, 2.05) is 36.6 Å². The van der Waals surface area contributed by atoms with Crippen LogP contribution < -0.4 is 21.5 Å². The van der Waals surface area contributed by atoms with E-state index >= 15 is 0 Å². The third-order valence-electron chi connectivity index (χ3n) is 3.43. The van der Waals surface area contributed by atoms with Gasteiger partial charge in [0, 0.05) is 25.3 Å². The summed E-state index contributed by atoms with van der Waals surface area (Å²) in [6.45, 7) is 0. The lowest BCUT2D eigenvalue weighted by Gasteiger charge is -2.12. The van der Waals surface area contributed by atoms with Gasteiger partial charge in [-0.05, 0) is 42.0 Å². The number of nitrogens with one attached hydrogen (secondary N) is 2. The van der Waals surface area contributed by atoms with E-state index in [1.165, 1.54) is 24.3 Å². The second-order valence-corrected chi connectivity index (χ2v) is 5.48. The number of benzene rings is 2. The van der Waals surface area contributed by atoms with Crippen LogP contribution >= 0.6 is 0 Å². The summed E-state index contributed by atoms with van der Waals surface area (Å²) in [6, 6.07) is 12.5. The lowest BCUT2D eigenvalue weighted by Crippen LogP contribution is -2.38. The first-order chi connectivity index (χ1) is 11.9. The molecule has 0 heterocycles. The van der Waals surface area contributed by atoms with Crippen LogP contribution in [0.5, 0.6) is 0 Å². The summed E-state index contributed by atoms with van der Waals surface area (Å²) in [5.74, 6) is 3.35. The van der Waals surface area contributed by atoms with E-state index in [9.17, 15) is 14.0 Å². The number of hydrogen-bond donors (Lipinski definition) is 3. The SMILES string of the molecule is CN(C)c1ccc(/C=C(/NC(=O)c2cccc(F)c2)C(=O)NN)cc1. The van der Waals surface area contributed by atoms with Gasteiger partial charge in [0.15, 0.2) is 0 Å². The molecular formula is C18H19FN4O2. The molecule has 0 radical (unpaired) electrons. The van der Waals surface area contributed by atoms with Gasteiger partial charge in [-0.25, -0.2) is 10.2 Å². The molecule has 2 rings (SSSR count). The molecule has 0 bridgehead atoms. The van der Waals surface area contributed by atoms with E-state index in [4.69, 9.17) is 5.84 Å². The van der Waals surface area contributed by atoms with Crippen molar-refractivity contribution in [2.75, 3.05) is 19.0 Å². The Hall–Kier alpha value is -3.19. The molecule has 0 atom stereocenters. The van der Waals surface area contributed by atoms with Gasteiger partial charge in [-0.3, -0.25) is 15.0 Å². The molecule has 0 aliphatic heterocycles. The van der Waals surface area contributed by atoms with Gasteiger partial charge in [0.2, 0.25) is 0 Å². The molecule has 0 aliphatic carbocycles. The molecule has 4 N–H and O–H groups in total. The topological polar surface area (TPSA) is 87.5 Å². The smallest absolute Gasteiger partial charge is 0.281 e. The van der Waals surface area contributed by atoms with Crippen LogP contribution in [0.25, 0.3) is 6.08 Å². The van der Waals surface area contributed by atoms with Crippen molar-refractivity contribution in [3.8, 4) is 0 Å². The number of carbonyl (C=O) groups is 2. The van der Waals surface area contributed by atoms with Crippen LogP contribution in [0.15, 0.2) is 54.2 Å². The van der Waals surface area contributed by atoms with Crippen molar-refractivity contribution >= 4 is 23.6 Å². The first-order valence-corrected chi connectivity index (χ1v) is 7.47. The van der Waals surface area contributed by atoms with E-state index in [1.54, 1.807) is 12.1 Å². The zero-order chi connectivity index (χ0) is 18.4. The van der Waals surface area contributed by atoms with Crippen LogP contribution in [0.2, 0.25) is 0 Å². The fourth-order valence-corrected chi connectivity index (χ4v) is 2.10. The van der Waals surface area contributed by atoms with Crippen LogP contribution in [0.1, 0.15) is 15.9 Å². The van der Waals surface area contributed by atoms with Gasteiger partial charge in [-0.15, -0.1) is 0 Å². The molecule has 130 valence electrons. The van der Waals surface area contributed by atoms with Crippen molar-refractivity contribution in [1.29, 1.82) is 0 Å². The highest BCUT2D eigenvalue weighted by atomic mass is 19.1. The van der Waals surface area contributed by atoms with Gasteiger partial charge in [0.25, 0.3) is 11.8 Å². The number of nitrogens with zero attached hydrogens (tertiary/aromatic N) is 1. The van der Waals surface area contributed by atoms with Crippen LogP contribution in [0.3, 0.4) is 0 Å². The molecule has 0 aliphatic rings. The molecular weight excluding hydrogens is 323 g/mol. The van der Waals surface area contributed by atoms with Crippen LogP contribution in [-0.4, -0.2) is 25.9 Å². The van der Waals surface area contributed by atoms with Crippen molar-refractivity contribution in [1.82, 2.24) is 10.7 Å². The Balaban J connectivity index is 2.26. The standard InChI is InChI=1S/C18H19FN4O2/c1-23(2)15-8-6-12(7-9-15)10-16(18(25)22-20)21-17(24)13-4-3-5-14(19)11-13/h3-11H,20H2,1-2H3,(H,21,24)(H,22,25)/b16-10+. The predicted molar refractivity (Wildman–Crippen MR) is 94.9 cm³/mol. The van der Waals surface area contributed by atoms with Crippen molar-refractivity contribution in [3.63, 3.8) is 0 Å². The van der Waals surface area contributed by atoms with Gasteiger partial charge in [0.05, 0.1) is 0 Å². The average molecular weight is 342 g/mol. The summed E-state index contributed by atoms with van der Waals surface area (Å²) in [5, 5.41) is 2.45. The number of nitrogens with two attached hydrogens (primary N) is 1. The zero-order valence-corrected chi connectivity index (χ0v) is 13.9. The van der Waals surface area contributed by atoms with Gasteiger partial charge in [0.1, 0.15) is 11.5 Å². The Morgan fingerprint density at radius 3 is 2.36 bits per heavy atom. The molecule has 7 heteroatoms. The van der Waals surface area contributed by atoms with Gasteiger partial charge in [-0.2, -0.15) is 0 Å². The summed E-state index contributed by atoms with van der Waals surface area (Å²) in [7, 11) is 3.83. The fourth-order valence-electron chi connectivity index (χ4n) is 2.10. The number of hydrazine groups is 1. The molecule has 0 saturated carbocycles. The Morgan fingerprint density at radius 1 is 1.12 bits per heavy atom. The third-order valence-corrected chi connectivity index (χ3v) is 3.43. The van der Waals surface area contributed by atoms with Gasteiger partial charge >= 0.3 is 0 Å². The number of rotatable bonds is 5. The Kier molecular flexibility index (Phi) is 5.86. The molecule has 2 amide bonds. The molecule has 0 unspecified atom stereocenters. The first-order valence-electron chi connectivity index (χ1n) is 7.47. The maximum Gasteiger partial charge on any atom is 0.281 e. The lowest BCUT2D eigenvalue weighted by atomic mass is 10.1. The molecule has 2 aromatic carbocycles. The Labute approximate surface area is 145 Å². The molecule has 0 spiro atoms. The molecule has 0 saturated heterocycles. The van der Waals surface area contributed by atoms with E-state index in [2.05, 4.69) is 5.32 Å². The van der Waals surface area contributed by atoms with Crippen molar-refractivity contribution in [2.24, 2.45) is 5.84 Å². The summed E-state index contributed by atoms with van der Waals surface area (Å²) in [6.07, 6.45) is 1.48. The highest BCUT2D eigenvalue weighted by molar-refractivity contribution is 6.05. The molecule has 2 aromatic rings. The normalized spacial score (nSPS) is 11.0. The van der Waals surface area contributed by atoms with Crippen molar-refractivity contribution in [3.05, 3.63) is 71.2 Å². The van der Waals surface area contributed by atoms with E-state index in [-0.39, 0.29) is 11.3 Å². The fraction of sp³-hybridized carbons (Fsp3) is 0.111. The monoisotopic (exact) mass is 342 g/mol. The highest BCUT2D eigenvalue weighted by Crippen LogP contribution is 2.14. The number of halogens is 1. The highest BCUT2D eigenvalue weighted by Gasteiger charge is 2.14. The van der Waals surface area contributed by atoms with Gasteiger partial charge in [-0.1, -0.05) is 18.2 Å². The van der Waals surface area contributed by atoms with Crippen LogP contribution in [0, 0.1) is 5.82 Å². The minimum absolute atomic E-state index is 0.0469.